The van der Waals surface area contributed by atoms with E-state index in [9.17, 15) is 14.4 Å². The van der Waals surface area contributed by atoms with Crippen molar-refractivity contribution in [2.45, 2.75) is 33.4 Å². The van der Waals surface area contributed by atoms with Gasteiger partial charge < -0.3 is 15.0 Å². The van der Waals surface area contributed by atoms with Crippen LogP contribution in [0.25, 0.3) is 0 Å². The molecule has 7 heteroatoms. The van der Waals surface area contributed by atoms with E-state index in [2.05, 4.69) is 10.3 Å². The second-order valence-electron chi connectivity index (χ2n) is 6.37. The van der Waals surface area contributed by atoms with E-state index in [-0.39, 0.29) is 30.5 Å². The summed E-state index contributed by atoms with van der Waals surface area (Å²) in [6.07, 6.45) is -0.653. The molecule has 0 unspecified atom stereocenters. The van der Waals surface area contributed by atoms with E-state index >= 15 is 0 Å². The first-order valence-electron chi connectivity index (χ1n) is 8.40. The van der Waals surface area contributed by atoms with Crippen molar-refractivity contribution in [3.63, 3.8) is 0 Å². The van der Waals surface area contributed by atoms with Gasteiger partial charge in [-0.05, 0) is 44.5 Å². The van der Waals surface area contributed by atoms with Gasteiger partial charge in [-0.25, -0.2) is 0 Å². The van der Waals surface area contributed by atoms with Crippen molar-refractivity contribution < 1.29 is 14.3 Å². The van der Waals surface area contributed by atoms with Gasteiger partial charge in [-0.2, -0.15) is 0 Å². The summed E-state index contributed by atoms with van der Waals surface area (Å²) in [6, 6.07) is 8.95. The molecule has 2 aromatic rings. The highest BCUT2D eigenvalue weighted by molar-refractivity contribution is 6.03. The quantitative estimate of drug-likeness (QED) is 0.868. The first-order chi connectivity index (χ1) is 12.4. The van der Waals surface area contributed by atoms with Crippen molar-refractivity contribution in [1.82, 2.24) is 10.3 Å². The van der Waals surface area contributed by atoms with Gasteiger partial charge in [0.25, 0.3) is 11.5 Å². The zero-order chi connectivity index (χ0) is 18.8. The van der Waals surface area contributed by atoms with Crippen LogP contribution in [-0.2, 0) is 16.1 Å². The largest absolute Gasteiger partial charge is 0.479 e. The Hall–Kier alpha value is -3.09. The summed E-state index contributed by atoms with van der Waals surface area (Å²) in [6.45, 7) is 5.26. The number of aromatic amines is 1. The van der Waals surface area contributed by atoms with Gasteiger partial charge >= 0.3 is 0 Å². The number of anilines is 1. The van der Waals surface area contributed by atoms with Crippen LogP contribution in [0, 0.1) is 13.8 Å². The highest BCUT2D eigenvalue weighted by Crippen LogP contribution is 2.33. The average molecular weight is 355 g/mol. The molecule has 2 N–H and O–H groups in total. The molecule has 2 heterocycles. The number of nitrogens with zero attached hydrogens (tertiary/aromatic N) is 1. The first kappa shape index (κ1) is 17.7. The Morgan fingerprint density at radius 3 is 2.73 bits per heavy atom. The van der Waals surface area contributed by atoms with Crippen LogP contribution in [0.3, 0.4) is 0 Å². The molecule has 1 aliphatic heterocycles. The van der Waals surface area contributed by atoms with Gasteiger partial charge in [0.05, 0.1) is 5.69 Å². The van der Waals surface area contributed by atoms with E-state index < -0.39 is 6.10 Å². The predicted molar refractivity (Wildman–Crippen MR) is 97.3 cm³/mol. The number of rotatable bonds is 4. The molecule has 0 radical (unpaired) electrons. The first-order valence-corrected chi connectivity index (χ1v) is 8.40. The van der Waals surface area contributed by atoms with Crippen molar-refractivity contribution in [2.24, 2.45) is 0 Å². The van der Waals surface area contributed by atoms with Crippen LogP contribution < -0.4 is 20.5 Å². The van der Waals surface area contributed by atoms with Gasteiger partial charge in [-0.1, -0.05) is 12.1 Å². The van der Waals surface area contributed by atoms with E-state index in [0.717, 1.165) is 11.3 Å². The molecule has 0 saturated carbocycles. The number of hydrogen-bond acceptors (Lipinski definition) is 4. The summed E-state index contributed by atoms with van der Waals surface area (Å²) < 4.78 is 5.56. The Balaban J connectivity index is 1.73. The van der Waals surface area contributed by atoms with Crippen LogP contribution in [0.2, 0.25) is 0 Å². The fourth-order valence-corrected chi connectivity index (χ4v) is 3.01. The molecule has 26 heavy (non-hydrogen) atoms. The number of fused-ring (bicyclic) bond motifs is 1. The lowest BCUT2D eigenvalue weighted by Gasteiger charge is -2.32. The van der Waals surface area contributed by atoms with E-state index in [0.29, 0.717) is 17.0 Å². The number of H-pyrrole nitrogens is 1. The predicted octanol–water partition coefficient (Wildman–Crippen LogP) is 1.42. The number of carbonyl (C=O) groups excluding carboxylic acids is 2. The third-order valence-corrected chi connectivity index (χ3v) is 4.33. The van der Waals surface area contributed by atoms with Gasteiger partial charge in [0.15, 0.2) is 6.10 Å². The number of pyridine rings is 1. The highest BCUT2D eigenvalue weighted by Gasteiger charge is 2.32. The van der Waals surface area contributed by atoms with Crippen LogP contribution in [0.4, 0.5) is 5.69 Å². The second-order valence-corrected chi connectivity index (χ2v) is 6.37. The summed E-state index contributed by atoms with van der Waals surface area (Å²) in [5, 5.41) is 2.72. The molecule has 1 atom stereocenters. The van der Waals surface area contributed by atoms with Crippen LogP contribution in [0.1, 0.15) is 23.7 Å². The third kappa shape index (κ3) is 3.46. The number of amides is 2. The lowest BCUT2D eigenvalue weighted by Crippen LogP contribution is -2.48. The molecule has 0 fully saturated rings. The Morgan fingerprint density at radius 2 is 2.00 bits per heavy atom. The molecule has 7 nitrogen and oxygen atoms in total. The maximum absolute atomic E-state index is 12.4. The topological polar surface area (TPSA) is 91.5 Å². The molecule has 1 aliphatic rings. The maximum Gasteiger partial charge on any atom is 0.268 e. The van der Waals surface area contributed by atoms with E-state index in [1.165, 1.54) is 4.90 Å². The highest BCUT2D eigenvalue weighted by atomic mass is 16.5. The number of hydrogen-bond donors (Lipinski definition) is 2. The zero-order valence-corrected chi connectivity index (χ0v) is 15.0. The smallest absolute Gasteiger partial charge is 0.268 e. The number of nitrogens with one attached hydrogen (secondary N) is 2. The molecule has 2 amide bonds. The summed E-state index contributed by atoms with van der Waals surface area (Å²) in [5.74, 6) is -0.0527. The minimum Gasteiger partial charge on any atom is -0.479 e. The van der Waals surface area contributed by atoms with Crippen molar-refractivity contribution in [2.75, 3.05) is 11.4 Å². The molecule has 136 valence electrons. The molecule has 1 aromatic carbocycles. The van der Waals surface area contributed by atoms with E-state index in [1.54, 1.807) is 32.0 Å². The SMILES string of the molecule is Cc1cc(C)c(CNC(=O)CN2C(=O)[C@@H](C)Oc3ccccc32)c(=O)[nH]1. The zero-order valence-electron chi connectivity index (χ0n) is 15.0. The fraction of sp³-hybridized carbons (Fsp3) is 0.316. The number of benzene rings is 1. The van der Waals surface area contributed by atoms with Crippen molar-refractivity contribution >= 4 is 17.5 Å². The standard InChI is InChI=1S/C19H21N3O4/c1-11-8-12(2)21-18(24)14(11)9-20-17(23)10-22-15-6-4-5-7-16(15)26-13(3)19(22)25/h4-8,13H,9-10H2,1-3H3,(H,20,23)(H,21,24)/t13-/m1/s1. The summed E-state index contributed by atoms with van der Waals surface area (Å²) >= 11 is 0. The number of carbonyl (C=O) groups is 2. The van der Waals surface area contributed by atoms with E-state index in [1.807, 2.05) is 19.1 Å². The van der Waals surface area contributed by atoms with Gasteiger partial charge in [0.1, 0.15) is 12.3 Å². The monoisotopic (exact) mass is 355 g/mol. The Labute approximate surface area is 151 Å². The molecule has 1 aromatic heterocycles. The third-order valence-electron chi connectivity index (χ3n) is 4.33. The van der Waals surface area contributed by atoms with Gasteiger partial charge in [0.2, 0.25) is 5.91 Å². The Bertz CT molecular complexity index is 919. The number of ether oxygens (including phenoxy) is 1. The van der Waals surface area contributed by atoms with Crippen LogP contribution >= 0.6 is 0 Å². The molecule has 0 aliphatic carbocycles. The van der Waals surface area contributed by atoms with Crippen LogP contribution in [0.15, 0.2) is 35.1 Å². The molecule has 3 rings (SSSR count). The fourth-order valence-electron chi connectivity index (χ4n) is 3.01. The van der Waals surface area contributed by atoms with Crippen molar-refractivity contribution in [3.05, 3.63) is 57.5 Å². The van der Waals surface area contributed by atoms with Crippen molar-refractivity contribution in [1.29, 1.82) is 0 Å². The Morgan fingerprint density at radius 1 is 1.27 bits per heavy atom. The lowest BCUT2D eigenvalue weighted by molar-refractivity contribution is -0.128. The summed E-state index contributed by atoms with van der Waals surface area (Å²) in [5.41, 5.74) is 2.44. The molecular formula is C19H21N3O4. The number of aromatic nitrogens is 1. The lowest BCUT2D eigenvalue weighted by atomic mass is 10.1. The van der Waals surface area contributed by atoms with Gasteiger partial charge in [0, 0.05) is 17.8 Å². The number of para-hydroxylation sites is 2. The minimum atomic E-state index is -0.653. The van der Waals surface area contributed by atoms with E-state index in [4.69, 9.17) is 4.74 Å². The Kier molecular flexibility index (Phi) is 4.79. The van der Waals surface area contributed by atoms with Crippen LogP contribution in [0.5, 0.6) is 5.75 Å². The maximum atomic E-state index is 12.4. The van der Waals surface area contributed by atoms with Gasteiger partial charge in [-0.3, -0.25) is 19.3 Å². The summed E-state index contributed by atoms with van der Waals surface area (Å²) in [4.78, 5) is 41.0. The van der Waals surface area contributed by atoms with Crippen LogP contribution in [-0.4, -0.2) is 29.4 Å². The molecule has 0 spiro atoms. The van der Waals surface area contributed by atoms with Crippen molar-refractivity contribution in [3.8, 4) is 5.75 Å². The summed E-state index contributed by atoms with van der Waals surface area (Å²) in [7, 11) is 0. The molecule has 0 saturated heterocycles. The second kappa shape index (κ2) is 7.03. The molecule has 0 bridgehead atoms. The average Bonchev–Trinajstić information content (AvgIpc) is 2.58. The minimum absolute atomic E-state index is 0.107. The normalized spacial score (nSPS) is 16.0. The number of aryl methyl sites for hydroxylation is 2. The molecular weight excluding hydrogens is 334 g/mol. The van der Waals surface area contributed by atoms with Gasteiger partial charge in [-0.15, -0.1) is 0 Å².